The van der Waals surface area contributed by atoms with E-state index in [0.717, 1.165) is 5.56 Å². The Morgan fingerprint density at radius 2 is 1.84 bits per heavy atom. The normalized spacial score (nSPS) is 21.6. The molecule has 0 radical (unpaired) electrons. The average Bonchev–Trinajstić information content (AvgIpc) is 2.42. The fraction of sp³-hybridized carbons (Fsp3) is 0.200. The van der Waals surface area contributed by atoms with Crippen molar-refractivity contribution < 1.29 is 14.2 Å². The van der Waals surface area contributed by atoms with Crippen LogP contribution in [0.1, 0.15) is 29.8 Å². The van der Waals surface area contributed by atoms with Crippen LogP contribution in [0.5, 0.6) is 5.75 Å². The maximum Gasteiger partial charge on any atom is 0.148 e. The van der Waals surface area contributed by atoms with Crippen LogP contribution in [0.25, 0.3) is 0 Å². The van der Waals surface area contributed by atoms with Crippen molar-refractivity contribution in [1.82, 2.24) is 0 Å². The highest BCUT2D eigenvalue weighted by molar-refractivity contribution is 6.30. The van der Waals surface area contributed by atoms with Gasteiger partial charge in [0.15, 0.2) is 0 Å². The molecule has 0 spiro atoms. The molecule has 1 heterocycles. The van der Waals surface area contributed by atoms with Crippen molar-refractivity contribution in [2.45, 2.75) is 18.6 Å². The lowest BCUT2D eigenvalue weighted by molar-refractivity contribution is 0.0640. The summed E-state index contributed by atoms with van der Waals surface area (Å²) in [5.41, 5.74) is 1.11. The average molecular weight is 279 g/mol. The summed E-state index contributed by atoms with van der Waals surface area (Å²) in [4.78, 5) is 0. The van der Waals surface area contributed by atoms with Crippen LogP contribution in [0.4, 0.5) is 4.39 Å². The van der Waals surface area contributed by atoms with Crippen molar-refractivity contribution in [3.63, 3.8) is 0 Å². The summed E-state index contributed by atoms with van der Waals surface area (Å²) in [5.74, 6) is 0.103. The second kappa shape index (κ2) is 4.83. The maximum absolute atomic E-state index is 14.0. The van der Waals surface area contributed by atoms with Gasteiger partial charge in [-0.1, -0.05) is 41.9 Å². The SMILES string of the molecule is OC1CC(c2cccc(Cl)c2F)Oc2ccccc21. The van der Waals surface area contributed by atoms with Crippen LogP contribution in [0, 0.1) is 5.82 Å². The number of halogens is 2. The summed E-state index contributed by atoms with van der Waals surface area (Å²) < 4.78 is 19.8. The second-order valence-corrected chi connectivity index (χ2v) is 4.95. The summed E-state index contributed by atoms with van der Waals surface area (Å²) in [6, 6.07) is 12.0. The number of ether oxygens (including phenoxy) is 1. The molecule has 2 nitrogen and oxygen atoms in total. The van der Waals surface area contributed by atoms with E-state index < -0.39 is 18.0 Å². The van der Waals surface area contributed by atoms with Gasteiger partial charge < -0.3 is 9.84 Å². The largest absolute Gasteiger partial charge is 0.485 e. The van der Waals surface area contributed by atoms with Crippen LogP contribution in [-0.4, -0.2) is 5.11 Å². The van der Waals surface area contributed by atoms with Gasteiger partial charge in [0.2, 0.25) is 0 Å². The van der Waals surface area contributed by atoms with E-state index in [4.69, 9.17) is 16.3 Å². The Morgan fingerprint density at radius 3 is 2.68 bits per heavy atom. The molecule has 1 aliphatic rings. The van der Waals surface area contributed by atoms with Gasteiger partial charge in [0, 0.05) is 17.5 Å². The summed E-state index contributed by atoms with van der Waals surface area (Å²) >= 11 is 5.78. The molecule has 2 atom stereocenters. The van der Waals surface area contributed by atoms with E-state index in [0.29, 0.717) is 17.7 Å². The van der Waals surface area contributed by atoms with Gasteiger partial charge in [0.25, 0.3) is 0 Å². The topological polar surface area (TPSA) is 29.5 Å². The molecule has 0 aliphatic carbocycles. The summed E-state index contributed by atoms with van der Waals surface area (Å²) in [7, 11) is 0. The molecule has 2 unspecified atom stereocenters. The minimum Gasteiger partial charge on any atom is -0.485 e. The Bertz CT molecular complexity index is 615. The van der Waals surface area contributed by atoms with Crippen LogP contribution in [0.15, 0.2) is 42.5 Å². The molecular weight excluding hydrogens is 267 g/mol. The summed E-state index contributed by atoms with van der Waals surface area (Å²) in [6.07, 6.45) is -0.870. The van der Waals surface area contributed by atoms with Crippen LogP contribution < -0.4 is 4.74 Å². The Kier molecular flexibility index (Phi) is 3.17. The highest BCUT2D eigenvalue weighted by atomic mass is 35.5. The lowest BCUT2D eigenvalue weighted by atomic mass is 9.95. The van der Waals surface area contributed by atoms with Gasteiger partial charge in [-0.3, -0.25) is 0 Å². The first-order chi connectivity index (χ1) is 9.16. The van der Waals surface area contributed by atoms with E-state index >= 15 is 0 Å². The molecule has 98 valence electrons. The molecule has 19 heavy (non-hydrogen) atoms. The molecule has 0 saturated heterocycles. The van der Waals surface area contributed by atoms with E-state index in [-0.39, 0.29) is 5.02 Å². The number of benzene rings is 2. The van der Waals surface area contributed by atoms with E-state index in [1.54, 1.807) is 18.2 Å². The predicted molar refractivity (Wildman–Crippen MR) is 70.8 cm³/mol. The zero-order valence-electron chi connectivity index (χ0n) is 10.0. The number of fused-ring (bicyclic) bond motifs is 1. The third-order valence-electron chi connectivity index (χ3n) is 3.31. The Labute approximate surface area is 115 Å². The molecular formula is C15H12ClFO2. The third kappa shape index (κ3) is 2.20. The molecule has 1 N–H and O–H groups in total. The fourth-order valence-electron chi connectivity index (χ4n) is 2.35. The van der Waals surface area contributed by atoms with Gasteiger partial charge in [-0.25, -0.2) is 4.39 Å². The minimum atomic E-state index is -0.659. The monoisotopic (exact) mass is 278 g/mol. The zero-order chi connectivity index (χ0) is 13.4. The third-order valence-corrected chi connectivity index (χ3v) is 3.60. The highest BCUT2D eigenvalue weighted by Crippen LogP contribution is 2.41. The van der Waals surface area contributed by atoms with Crippen molar-refractivity contribution in [1.29, 1.82) is 0 Å². The van der Waals surface area contributed by atoms with E-state index in [1.165, 1.54) is 6.07 Å². The number of aliphatic hydroxyl groups is 1. The molecule has 4 heteroatoms. The van der Waals surface area contributed by atoms with Crippen molar-refractivity contribution in [3.8, 4) is 5.75 Å². The lowest BCUT2D eigenvalue weighted by Crippen LogP contribution is -2.19. The standard InChI is InChI=1S/C15H12ClFO2/c16-11-6-3-5-10(15(11)17)14-8-12(18)9-4-1-2-7-13(9)19-14/h1-7,12,14,18H,8H2. The number of aliphatic hydroxyl groups excluding tert-OH is 1. The summed E-state index contributed by atoms with van der Waals surface area (Å²) in [5, 5.41) is 10.2. The van der Waals surface area contributed by atoms with Gasteiger partial charge in [0.05, 0.1) is 11.1 Å². The molecule has 0 fully saturated rings. The number of hydrogen-bond donors (Lipinski definition) is 1. The molecule has 1 aliphatic heterocycles. The smallest absolute Gasteiger partial charge is 0.148 e. The lowest BCUT2D eigenvalue weighted by Gasteiger charge is -2.30. The first-order valence-corrected chi connectivity index (χ1v) is 6.42. The summed E-state index contributed by atoms with van der Waals surface area (Å²) in [6.45, 7) is 0. The molecule has 0 bridgehead atoms. The van der Waals surface area contributed by atoms with Gasteiger partial charge in [-0.05, 0) is 12.1 Å². The molecule has 3 rings (SSSR count). The molecule has 2 aromatic carbocycles. The quantitative estimate of drug-likeness (QED) is 0.853. The molecule has 2 aromatic rings. The van der Waals surface area contributed by atoms with E-state index in [2.05, 4.69) is 0 Å². The molecule has 0 amide bonds. The predicted octanol–water partition coefficient (Wildman–Crippen LogP) is 4.04. The molecule has 0 saturated carbocycles. The highest BCUT2D eigenvalue weighted by Gasteiger charge is 2.29. The number of hydrogen-bond acceptors (Lipinski definition) is 2. The zero-order valence-corrected chi connectivity index (χ0v) is 10.8. The van der Waals surface area contributed by atoms with Gasteiger partial charge in [-0.15, -0.1) is 0 Å². The number of para-hydroxylation sites is 1. The first kappa shape index (κ1) is 12.5. The van der Waals surface area contributed by atoms with Crippen molar-refractivity contribution in [2.24, 2.45) is 0 Å². The van der Waals surface area contributed by atoms with Gasteiger partial charge in [0.1, 0.15) is 17.7 Å². The van der Waals surface area contributed by atoms with Crippen molar-refractivity contribution in [2.75, 3.05) is 0 Å². The Balaban J connectivity index is 1.99. The van der Waals surface area contributed by atoms with Crippen LogP contribution in [0.2, 0.25) is 5.02 Å². The second-order valence-electron chi connectivity index (χ2n) is 4.54. The molecule has 0 aromatic heterocycles. The van der Waals surface area contributed by atoms with Crippen LogP contribution in [0.3, 0.4) is 0 Å². The minimum absolute atomic E-state index is 0.0643. The fourth-order valence-corrected chi connectivity index (χ4v) is 2.54. The van der Waals surface area contributed by atoms with Crippen molar-refractivity contribution >= 4 is 11.6 Å². The van der Waals surface area contributed by atoms with Crippen LogP contribution in [-0.2, 0) is 0 Å². The first-order valence-electron chi connectivity index (χ1n) is 6.04. The van der Waals surface area contributed by atoms with E-state index in [9.17, 15) is 9.50 Å². The van der Waals surface area contributed by atoms with Gasteiger partial charge >= 0.3 is 0 Å². The van der Waals surface area contributed by atoms with Crippen LogP contribution >= 0.6 is 11.6 Å². The maximum atomic E-state index is 14.0. The van der Waals surface area contributed by atoms with E-state index in [1.807, 2.05) is 18.2 Å². The number of rotatable bonds is 1. The van der Waals surface area contributed by atoms with Crippen molar-refractivity contribution in [3.05, 3.63) is 64.4 Å². The van der Waals surface area contributed by atoms with Gasteiger partial charge in [-0.2, -0.15) is 0 Å². The Morgan fingerprint density at radius 1 is 1.11 bits per heavy atom. The Hall–Kier alpha value is -1.58.